The van der Waals surface area contributed by atoms with Gasteiger partial charge in [-0.25, -0.2) is 0 Å². The predicted octanol–water partition coefficient (Wildman–Crippen LogP) is 1.25. The molecule has 1 unspecified atom stereocenters. The molecule has 2 aromatic rings. The van der Waals surface area contributed by atoms with E-state index in [1.807, 2.05) is 0 Å². The van der Waals surface area contributed by atoms with Gasteiger partial charge in [0.05, 0.1) is 12.9 Å². The predicted molar refractivity (Wildman–Crippen MR) is 85.7 cm³/mol. The number of Topliss-reactive ketones (excluding diaryl/α,β-unsaturated/α-hetero) is 1. The first-order valence-corrected chi connectivity index (χ1v) is 8.44. The van der Waals surface area contributed by atoms with Gasteiger partial charge in [-0.15, -0.1) is 0 Å². The number of carbonyl (C=O) groups excluding carboxylic acids is 1. The smallest absolute Gasteiger partial charge is 0.261 e. The van der Waals surface area contributed by atoms with Crippen LogP contribution in [0.25, 0.3) is 0 Å². The number of hydrogen-bond donors (Lipinski definition) is 3. The van der Waals surface area contributed by atoms with E-state index < -0.39 is 28.1 Å². The molecule has 2 rings (SSSR count). The summed E-state index contributed by atoms with van der Waals surface area (Å²) in [6.07, 6.45) is 0.715. The van der Waals surface area contributed by atoms with E-state index in [9.17, 15) is 23.4 Å². The van der Waals surface area contributed by atoms with Gasteiger partial charge in [0, 0.05) is 5.56 Å². The molecule has 0 amide bonds. The fourth-order valence-electron chi connectivity index (χ4n) is 1.84. The second-order valence-corrected chi connectivity index (χ2v) is 6.28. The summed E-state index contributed by atoms with van der Waals surface area (Å²) in [5.41, 5.74) is -1.12. The minimum absolute atomic E-state index is 0.373. The molecule has 7 heteroatoms. The Bertz CT molecular complexity index is 720. The lowest BCUT2D eigenvalue weighted by molar-refractivity contribution is -0.00399. The van der Waals surface area contributed by atoms with Gasteiger partial charge in [0.25, 0.3) is 10.1 Å². The maximum absolute atomic E-state index is 12.3. The molecule has 3 N–H and O–H groups in total. The monoisotopic (exact) mass is 338 g/mol. The van der Waals surface area contributed by atoms with Gasteiger partial charge in [0.15, 0.2) is 5.60 Å². The first-order chi connectivity index (χ1) is 10.7. The summed E-state index contributed by atoms with van der Waals surface area (Å²) in [4.78, 5) is 12.3. The van der Waals surface area contributed by atoms with Crippen LogP contribution >= 0.6 is 0 Å². The van der Waals surface area contributed by atoms with E-state index in [0.29, 0.717) is 17.4 Å². The Morgan fingerprint density at radius 2 is 1.39 bits per heavy atom. The van der Waals surface area contributed by atoms with Gasteiger partial charge >= 0.3 is 0 Å². The lowest BCUT2D eigenvalue weighted by Gasteiger charge is -2.24. The van der Waals surface area contributed by atoms with Gasteiger partial charge in [0.1, 0.15) is 0 Å². The third-order valence-electron chi connectivity index (χ3n) is 2.89. The molecule has 0 bridgehead atoms. The summed E-state index contributed by atoms with van der Waals surface area (Å²) in [7, 11) is -3.67. The van der Waals surface area contributed by atoms with Crippen molar-refractivity contribution in [2.24, 2.45) is 0 Å². The van der Waals surface area contributed by atoms with Crippen molar-refractivity contribution in [1.29, 1.82) is 0 Å². The molecular formula is C16H18O6S. The molecule has 0 spiro atoms. The van der Waals surface area contributed by atoms with Crippen molar-refractivity contribution < 1.29 is 28.0 Å². The average molecular weight is 338 g/mol. The zero-order valence-electron chi connectivity index (χ0n) is 12.5. The van der Waals surface area contributed by atoms with Crippen LogP contribution in [0.3, 0.4) is 0 Å². The molecule has 0 aromatic heterocycles. The summed E-state index contributed by atoms with van der Waals surface area (Å²) in [5, 5.41) is 19.8. The Kier molecular flexibility index (Phi) is 6.59. The average Bonchev–Trinajstić information content (AvgIpc) is 2.53. The molecule has 1 atom stereocenters. The largest absolute Gasteiger partial charge is 0.393 e. The highest BCUT2D eigenvalue weighted by atomic mass is 32.2. The molecule has 124 valence electrons. The number of rotatable bonds is 4. The van der Waals surface area contributed by atoms with Crippen LogP contribution in [-0.4, -0.2) is 41.8 Å². The first kappa shape index (κ1) is 19.0. The topological polar surface area (TPSA) is 112 Å². The van der Waals surface area contributed by atoms with Gasteiger partial charge in [-0.1, -0.05) is 60.7 Å². The molecule has 2 aromatic carbocycles. The van der Waals surface area contributed by atoms with Crippen molar-refractivity contribution in [3.63, 3.8) is 0 Å². The van der Waals surface area contributed by atoms with Gasteiger partial charge in [-0.05, 0) is 5.56 Å². The Hall–Kier alpha value is -2.06. The highest BCUT2D eigenvalue weighted by Crippen LogP contribution is 2.25. The molecule has 0 saturated carbocycles. The highest BCUT2D eigenvalue weighted by molar-refractivity contribution is 7.85. The van der Waals surface area contributed by atoms with Gasteiger partial charge in [-0.3, -0.25) is 9.35 Å². The van der Waals surface area contributed by atoms with Crippen molar-refractivity contribution >= 4 is 15.9 Å². The molecule has 0 fully saturated rings. The van der Waals surface area contributed by atoms with Crippen LogP contribution in [0.1, 0.15) is 15.9 Å². The molecule has 6 nitrogen and oxygen atoms in total. The van der Waals surface area contributed by atoms with Crippen molar-refractivity contribution in [3.8, 4) is 0 Å². The molecular weight excluding hydrogens is 320 g/mol. The number of carbonyl (C=O) groups is 1. The number of benzene rings is 2. The summed E-state index contributed by atoms with van der Waals surface area (Å²) >= 11 is 0. The third-order valence-corrected chi connectivity index (χ3v) is 2.89. The zero-order valence-corrected chi connectivity index (χ0v) is 13.3. The third kappa shape index (κ3) is 5.91. The SMILES string of the molecule is CS(=O)(=O)O.O=C(c1ccccc1)C(O)(CO)c1ccccc1. The van der Waals surface area contributed by atoms with Crippen molar-refractivity contribution in [2.45, 2.75) is 5.60 Å². The maximum atomic E-state index is 12.3. The Labute approximate surface area is 134 Å². The van der Waals surface area contributed by atoms with E-state index >= 15 is 0 Å². The molecule has 0 radical (unpaired) electrons. The lowest BCUT2D eigenvalue weighted by atomic mass is 9.87. The van der Waals surface area contributed by atoms with E-state index in [1.165, 1.54) is 0 Å². The summed E-state index contributed by atoms with van der Waals surface area (Å²) in [6, 6.07) is 16.9. The molecule has 0 heterocycles. The Balaban J connectivity index is 0.000000463. The number of aliphatic hydroxyl groups excluding tert-OH is 1. The van der Waals surface area contributed by atoms with E-state index in [0.717, 1.165) is 0 Å². The summed E-state index contributed by atoms with van der Waals surface area (Å²) < 4.78 is 25.9. The summed E-state index contributed by atoms with van der Waals surface area (Å²) in [6.45, 7) is -0.648. The fraction of sp³-hybridized carbons (Fsp3) is 0.188. The molecule has 23 heavy (non-hydrogen) atoms. The highest BCUT2D eigenvalue weighted by Gasteiger charge is 2.37. The molecule has 0 aliphatic rings. The van der Waals surface area contributed by atoms with Gasteiger partial charge in [0.2, 0.25) is 5.78 Å². The van der Waals surface area contributed by atoms with Crippen LogP contribution in [0.15, 0.2) is 60.7 Å². The van der Waals surface area contributed by atoms with Crippen LogP contribution in [0, 0.1) is 0 Å². The minimum Gasteiger partial charge on any atom is -0.393 e. The normalized spacial score (nSPS) is 13.4. The van der Waals surface area contributed by atoms with Crippen LogP contribution in [0.5, 0.6) is 0 Å². The second kappa shape index (κ2) is 7.98. The maximum Gasteiger partial charge on any atom is 0.261 e. The number of aliphatic hydroxyl groups is 2. The Morgan fingerprint density at radius 3 is 1.78 bits per heavy atom. The molecule has 0 aliphatic heterocycles. The lowest BCUT2D eigenvalue weighted by Crippen LogP contribution is -2.39. The van der Waals surface area contributed by atoms with Crippen LogP contribution in [0.4, 0.5) is 0 Å². The second-order valence-electron chi connectivity index (χ2n) is 4.81. The van der Waals surface area contributed by atoms with Gasteiger partial charge < -0.3 is 10.2 Å². The van der Waals surface area contributed by atoms with E-state index in [2.05, 4.69) is 0 Å². The number of hydrogen-bond acceptors (Lipinski definition) is 5. The van der Waals surface area contributed by atoms with E-state index in [4.69, 9.17) is 4.55 Å². The van der Waals surface area contributed by atoms with Gasteiger partial charge in [-0.2, -0.15) is 8.42 Å². The van der Waals surface area contributed by atoms with Crippen molar-refractivity contribution in [2.75, 3.05) is 12.9 Å². The van der Waals surface area contributed by atoms with E-state index in [1.54, 1.807) is 60.7 Å². The Morgan fingerprint density at radius 1 is 1.00 bits per heavy atom. The quantitative estimate of drug-likeness (QED) is 0.571. The van der Waals surface area contributed by atoms with Crippen molar-refractivity contribution in [1.82, 2.24) is 0 Å². The first-order valence-electron chi connectivity index (χ1n) is 6.59. The number of ketones is 1. The van der Waals surface area contributed by atoms with Crippen LogP contribution in [-0.2, 0) is 15.7 Å². The molecule has 0 aliphatic carbocycles. The van der Waals surface area contributed by atoms with E-state index in [-0.39, 0.29) is 0 Å². The standard InChI is InChI=1S/C15H14O3.CH4O3S/c16-11-15(18,13-9-5-2-6-10-13)14(17)12-7-3-1-4-8-12;1-5(2,3)4/h1-10,16,18H,11H2;1H3,(H,2,3,4). The zero-order chi connectivity index (χ0) is 17.5. The van der Waals surface area contributed by atoms with Crippen molar-refractivity contribution in [3.05, 3.63) is 71.8 Å². The summed E-state index contributed by atoms with van der Waals surface area (Å²) in [5.74, 6) is -0.503. The van der Waals surface area contributed by atoms with Crippen LogP contribution < -0.4 is 0 Å². The fourth-order valence-corrected chi connectivity index (χ4v) is 1.84. The molecule has 0 saturated heterocycles. The minimum atomic E-state index is -3.67. The van der Waals surface area contributed by atoms with Crippen LogP contribution in [0.2, 0.25) is 0 Å².